The lowest BCUT2D eigenvalue weighted by molar-refractivity contribution is -0.119. The number of morpholine rings is 1. The number of thioether (sulfide) groups is 1. The summed E-state index contributed by atoms with van der Waals surface area (Å²) in [5, 5.41) is 12.0. The van der Waals surface area contributed by atoms with E-state index in [1.807, 2.05) is 31.2 Å². The van der Waals surface area contributed by atoms with Crippen LogP contribution in [0.3, 0.4) is 0 Å². The third-order valence-corrected chi connectivity index (χ3v) is 4.90. The zero-order valence-electron chi connectivity index (χ0n) is 13.6. The maximum atomic E-state index is 12.3. The van der Waals surface area contributed by atoms with E-state index in [9.17, 15) is 4.79 Å². The van der Waals surface area contributed by atoms with E-state index in [4.69, 9.17) is 10.00 Å². The summed E-state index contributed by atoms with van der Waals surface area (Å²) in [4.78, 5) is 15.5. The molecule has 0 saturated carbocycles. The van der Waals surface area contributed by atoms with Crippen LogP contribution in [0.1, 0.15) is 20.3 Å². The van der Waals surface area contributed by atoms with Gasteiger partial charge >= 0.3 is 0 Å². The summed E-state index contributed by atoms with van der Waals surface area (Å²) in [5.74, 6) is -0.0141. The molecule has 1 aromatic carbocycles. The molecule has 2 rings (SSSR count). The Hall–Kier alpha value is -1.55. The number of benzene rings is 1. The van der Waals surface area contributed by atoms with Crippen LogP contribution in [0.25, 0.3) is 0 Å². The Morgan fingerprint density at radius 2 is 2.35 bits per heavy atom. The molecule has 1 N–H and O–H groups in total. The predicted octanol–water partition coefficient (Wildman–Crippen LogP) is 2.74. The summed E-state index contributed by atoms with van der Waals surface area (Å²) in [5.41, 5.74) is 0.813. The number of anilines is 1. The molecule has 1 aliphatic heterocycles. The van der Waals surface area contributed by atoms with E-state index < -0.39 is 0 Å². The predicted molar refractivity (Wildman–Crippen MR) is 92.5 cm³/mol. The van der Waals surface area contributed by atoms with Crippen LogP contribution < -0.4 is 5.32 Å². The molecule has 0 bridgehead atoms. The van der Waals surface area contributed by atoms with Crippen LogP contribution in [-0.2, 0) is 9.53 Å². The summed E-state index contributed by atoms with van der Waals surface area (Å²) >= 11 is 1.61. The summed E-state index contributed by atoms with van der Waals surface area (Å²) in [6, 6.07) is 10.2. The molecule has 0 unspecified atom stereocenters. The number of rotatable bonds is 6. The van der Waals surface area contributed by atoms with Crippen molar-refractivity contribution in [2.24, 2.45) is 0 Å². The van der Waals surface area contributed by atoms with Crippen molar-refractivity contribution in [3.8, 4) is 6.07 Å². The molecule has 0 aromatic heterocycles. The topological polar surface area (TPSA) is 65.4 Å². The zero-order chi connectivity index (χ0) is 16.7. The Morgan fingerprint density at radius 1 is 1.57 bits per heavy atom. The lowest BCUT2D eigenvalue weighted by Gasteiger charge is -2.32. The summed E-state index contributed by atoms with van der Waals surface area (Å²) in [6.45, 7) is 6.59. The van der Waals surface area contributed by atoms with E-state index in [1.165, 1.54) is 0 Å². The van der Waals surface area contributed by atoms with Gasteiger partial charge in [-0.3, -0.25) is 9.69 Å². The van der Waals surface area contributed by atoms with Crippen molar-refractivity contribution in [1.82, 2.24) is 4.90 Å². The van der Waals surface area contributed by atoms with Crippen molar-refractivity contribution in [1.29, 1.82) is 5.26 Å². The summed E-state index contributed by atoms with van der Waals surface area (Å²) in [6.07, 6.45) is 0.484. The normalized spacial score (nSPS) is 19.8. The van der Waals surface area contributed by atoms with Crippen molar-refractivity contribution < 1.29 is 9.53 Å². The first-order valence-corrected chi connectivity index (χ1v) is 8.72. The molecule has 5 nitrogen and oxygen atoms in total. The lowest BCUT2D eigenvalue weighted by Crippen LogP contribution is -2.47. The summed E-state index contributed by atoms with van der Waals surface area (Å²) < 4.78 is 5.39. The van der Waals surface area contributed by atoms with Crippen LogP contribution in [0.2, 0.25) is 0 Å². The Balaban J connectivity index is 1.96. The van der Waals surface area contributed by atoms with Crippen molar-refractivity contribution >= 4 is 23.4 Å². The van der Waals surface area contributed by atoms with E-state index in [1.54, 1.807) is 11.8 Å². The van der Waals surface area contributed by atoms with Crippen LogP contribution in [0.4, 0.5) is 5.69 Å². The molecule has 1 saturated heterocycles. The largest absolute Gasteiger partial charge is 0.379 e. The van der Waals surface area contributed by atoms with Gasteiger partial charge in [-0.15, -0.1) is 11.8 Å². The Kier molecular flexibility index (Phi) is 6.90. The van der Waals surface area contributed by atoms with E-state index in [0.29, 0.717) is 26.2 Å². The van der Waals surface area contributed by atoms with Gasteiger partial charge in [-0.05, 0) is 19.1 Å². The minimum absolute atomic E-state index is 0.0141. The second kappa shape index (κ2) is 8.92. The number of carbonyl (C=O) groups is 1. The Morgan fingerprint density at radius 3 is 3.09 bits per heavy atom. The van der Waals surface area contributed by atoms with Crippen molar-refractivity contribution in [3.05, 3.63) is 24.3 Å². The highest BCUT2D eigenvalue weighted by molar-refractivity contribution is 8.00. The molecule has 1 aliphatic rings. The molecule has 1 heterocycles. The van der Waals surface area contributed by atoms with Crippen molar-refractivity contribution in [3.63, 3.8) is 0 Å². The number of hydrogen-bond acceptors (Lipinski definition) is 5. The molecule has 124 valence electrons. The Labute approximate surface area is 142 Å². The van der Waals surface area contributed by atoms with Gasteiger partial charge in [-0.25, -0.2) is 0 Å². The quantitative estimate of drug-likeness (QED) is 0.811. The van der Waals surface area contributed by atoms with E-state index >= 15 is 0 Å². The lowest BCUT2D eigenvalue weighted by atomic mass is 10.2. The van der Waals surface area contributed by atoms with Gasteiger partial charge in [0.05, 0.1) is 31.5 Å². The molecule has 0 spiro atoms. The van der Waals surface area contributed by atoms with Crippen LogP contribution in [-0.4, -0.2) is 48.4 Å². The van der Waals surface area contributed by atoms with Crippen LogP contribution in [0.5, 0.6) is 0 Å². The minimum Gasteiger partial charge on any atom is -0.379 e. The molecule has 0 aliphatic carbocycles. The van der Waals surface area contributed by atoms with Gasteiger partial charge in [-0.1, -0.05) is 19.1 Å². The second-order valence-electron chi connectivity index (χ2n) is 5.73. The molecule has 23 heavy (non-hydrogen) atoms. The first-order chi connectivity index (χ1) is 11.1. The maximum absolute atomic E-state index is 12.3. The van der Waals surface area contributed by atoms with Gasteiger partial charge < -0.3 is 10.1 Å². The third-order valence-electron chi connectivity index (χ3n) is 3.72. The molecule has 1 fully saturated rings. The molecule has 0 radical (unpaired) electrons. The van der Waals surface area contributed by atoms with Gasteiger partial charge in [0.25, 0.3) is 0 Å². The number of carbonyl (C=O) groups excluding carboxylic acids is 1. The summed E-state index contributed by atoms with van der Waals surface area (Å²) in [7, 11) is 0. The van der Waals surface area contributed by atoms with E-state index in [0.717, 1.165) is 17.1 Å². The monoisotopic (exact) mass is 333 g/mol. The fourth-order valence-corrected chi connectivity index (χ4v) is 3.42. The maximum Gasteiger partial charge on any atom is 0.238 e. The Bertz CT molecular complexity index is 573. The second-order valence-corrected chi connectivity index (χ2v) is 7.21. The van der Waals surface area contributed by atoms with Crippen molar-refractivity contribution in [2.45, 2.75) is 36.5 Å². The first kappa shape index (κ1) is 17.8. The van der Waals surface area contributed by atoms with Crippen LogP contribution in [0.15, 0.2) is 29.2 Å². The number of nitrogens with one attached hydrogen (secondary N) is 1. The van der Waals surface area contributed by atoms with E-state index in [2.05, 4.69) is 23.2 Å². The zero-order valence-corrected chi connectivity index (χ0v) is 14.4. The number of amides is 1. The fraction of sp³-hybridized carbons (Fsp3) is 0.529. The highest BCUT2D eigenvalue weighted by atomic mass is 32.2. The van der Waals surface area contributed by atoms with Crippen molar-refractivity contribution in [2.75, 3.05) is 31.6 Å². The smallest absolute Gasteiger partial charge is 0.238 e. The molecule has 1 aromatic rings. The SMILES string of the molecule is C[C@H](CC#N)Sc1ccccc1NC(=O)CN1CCOC[C@@H]1C. The van der Waals surface area contributed by atoms with Gasteiger partial charge in [0.2, 0.25) is 5.91 Å². The number of ether oxygens (including phenoxy) is 1. The first-order valence-electron chi connectivity index (χ1n) is 7.84. The van der Waals surface area contributed by atoms with Gasteiger partial charge in [0.1, 0.15) is 0 Å². The number of hydrogen-bond donors (Lipinski definition) is 1. The van der Waals surface area contributed by atoms with E-state index in [-0.39, 0.29) is 17.2 Å². The van der Waals surface area contributed by atoms with Crippen LogP contribution >= 0.6 is 11.8 Å². The number of nitrogens with zero attached hydrogens (tertiary/aromatic N) is 2. The van der Waals surface area contributed by atoms with Gasteiger partial charge in [0.15, 0.2) is 0 Å². The molecule has 2 atom stereocenters. The highest BCUT2D eigenvalue weighted by Gasteiger charge is 2.21. The highest BCUT2D eigenvalue weighted by Crippen LogP contribution is 2.31. The molecular weight excluding hydrogens is 310 g/mol. The minimum atomic E-state index is -0.0141. The van der Waals surface area contributed by atoms with Gasteiger partial charge in [-0.2, -0.15) is 5.26 Å². The molecular formula is C17H23N3O2S. The average Bonchev–Trinajstić information content (AvgIpc) is 2.52. The fourth-order valence-electron chi connectivity index (χ4n) is 2.43. The van der Waals surface area contributed by atoms with Crippen LogP contribution in [0, 0.1) is 11.3 Å². The average molecular weight is 333 g/mol. The molecule has 6 heteroatoms. The number of nitriles is 1. The number of para-hydroxylation sites is 1. The van der Waals surface area contributed by atoms with Gasteiger partial charge in [0, 0.05) is 29.2 Å². The molecule has 1 amide bonds. The third kappa shape index (κ3) is 5.54. The standard InChI is InChI=1S/C17H23N3O2S/c1-13-12-22-10-9-20(13)11-17(21)19-15-5-3-4-6-16(15)23-14(2)7-8-18/h3-6,13-14H,7,9-12H2,1-2H3,(H,19,21)/t13-,14+/m0/s1.